The van der Waals surface area contributed by atoms with Crippen molar-refractivity contribution in [1.29, 1.82) is 0 Å². The summed E-state index contributed by atoms with van der Waals surface area (Å²) >= 11 is 1.50. The van der Waals surface area contributed by atoms with Crippen molar-refractivity contribution in [2.45, 2.75) is 39.8 Å². The standard InChI is InChI=1S/C33H34N4O2S/c1-23(2)20-27(21-34-31(38)30-24(3)35-33-36(30)18-19-40-33)37(22-25-12-6-4-7-13-25)32(39)29-17-11-10-16-28(29)26-14-8-5-9-15-26/h4-19,23,27H,20-22H2,1-3H3,(H,34,38)/t27-/m0/s1. The molecule has 0 aliphatic rings. The predicted octanol–water partition coefficient (Wildman–Crippen LogP) is 6.86. The van der Waals surface area contributed by atoms with Gasteiger partial charge in [0.2, 0.25) is 0 Å². The highest BCUT2D eigenvalue weighted by Crippen LogP contribution is 2.27. The molecule has 0 saturated heterocycles. The van der Waals surface area contributed by atoms with Gasteiger partial charge in [-0.2, -0.15) is 0 Å². The third-order valence-corrected chi connectivity index (χ3v) is 7.79. The van der Waals surface area contributed by atoms with Crippen LogP contribution < -0.4 is 5.32 Å². The highest BCUT2D eigenvalue weighted by molar-refractivity contribution is 7.15. The first-order valence-electron chi connectivity index (χ1n) is 13.6. The van der Waals surface area contributed by atoms with Crippen LogP contribution in [0, 0.1) is 12.8 Å². The topological polar surface area (TPSA) is 66.7 Å². The molecule has 7 heteroatoms. The van der Waals surface area contributed by atoms with E-state index in [1.165, 1.54) is 11.3 Å². The lowest BCUT2D eigenvalue weighted by Crippen LogP contribution is -2.47. The van der Waals surface area contributed by atoms with Crippen LogP contribution in [-0.4, -0.2) is 38.7 Å². The van der Waals surface area contributed by atoms with E-state index in [1.807, 2.05) is 113 Å². The molecule has 5 rings (SSSR count). The minimum absolute atomic E-state index is 0.0519. The molecule has 1 atom stereocenters. The number of fused-ring (bicyclic) bond motifs is 1. The average Bonchev–Trinajstić information content (AvgIpc) is 3.54. The van der Waals surface area contributed by atoms with Crippen LogP contribution >= 0.6 is 11.3 Å². The van der Waals surface area contributed by atoms with Crippen molar-refractivity contribution < 1.29 is 9.59 Å². The van der Waals surface area contributed by atoms with E-state index in [0.29, 0.717) is 36.0 Å². The van der Waals surface area contributed by atoms with E-state index >= 15 is 0 Å². The number of carbonyl (C=O) groups excluding carboxylic acids is 2. The Morgan fingerprint density at radius 3 is 2.35 bits per heavy atom. The Balaban J connectivity index is 1.49. The Hall–Kier alpha value is -4.23. The van der Waals surface area contributed by atoms with Crippen molar-refractivity contribution in [1.82, 2.24) is 19.6 Å². The zero-order chi connectivity index (χ0) is 28.1. The van der Waals surface area contributed by atoms with Crippen LogP contribution in [0.15, 0.2) is 96.5 Å². The second-order valence-electron chi connectivity index (χ2n) is 10.4. The first kappa shape index (κ1) is 27.3. The average molecular weight is 551 g/mol. The minimum atomic E-state index is -0.216. The number of amides is 2. The van der Waals surface area contributed by atoms with Gasteiger partial charge in [0.25, 0.3) is 11.8 Å². The molecule has 0 fully saturated rings. The van der Waals surface area contributed by atoms with Crippen molar-refractivity contribution in [3.63, 3.8) is 0 Å². The van der Waals surface area contributed by atoms with Crippen molar-refractivity contribution in [3.05, 3.63) is 119 Å². The molecule has 5 aromatic rings. The Morgan fingerprint density at radius 1 is 0.950 bits per heavy atom. The van der Waals surface area contributed by atoms with Crippen molar-refractivity contribution in [2.24, 2.45) is 5.92 Å². The molecule has 0 bridgehead atoms. The summed E-state index contributed by atoms with van der Waals surface area (Å²) in [5, 5.41) is 5.06. The molecule has 6 nitrogen and oxygen atoms in total. The van der Waals surface area contributed by atoms with Gasteiger partial charge < -0.3 is 10.2 Å². The maximum absolute atomic E-state index is 14.4. The van der Waals surface area contributed by atoms with Gasteiger partial charge in [0, 0.05) is 36.3 Å². The number of hydrogen-bond acceptors (Lipinski definition) is 4. The number of nitrogens with one attached hydrogen (secondary N) is 1. The van der Waals surface area contributed by atoms with E-state index in [1.54, 1.807) is 0 Å². The molecule has 0 spiro atoms. The van der Waals surface area contributed by atoms with Crippen LogP contribution in [0.2, 0.25) is 0 Å². The SMILES string of the molecule is Cc1nc2sccn2c1C(=O)NC[C@H](CC(C)C)N(Cc1ccccc1)C(=O)c1ccccc1-c1ccccc1. The van der Waals surface area contributed by atoms with Gasteiger partial charge in [-0.3, -0.25) is 14.0 Å². The molecule has 0 unspecified atom stereocenters. The molecule has 0 radical (unpaired) electrons. The summed E-state index contributed by atoms with van der Waals surface area (Å²) in [6.07, 6.45) is 2.61. The monoisotopic (exact) mass is 550 g/mol. The largest absolute Gasteiger partial charge is 0.349 e. The third kappa shape index (κ3) is 6.00. The maximum atomic E-state index is 14.4. The number of rotatable bonds is 10. The molecule has 40 heavy (non-hydrogen) atoms. The molecule has 2 heterocycles. The van der Waals surface area contributed by atoms with E-state index in [4.69, 9.17) is 0 Å². The lowest BCUT2D eigenvalue weighted by atomic mass is 9.96. The molecular weight excluding hydrogens is 516 g/mol. The number of thiazole rings is 1. The fourth-order valence-electron chi connectivity index (χ4n) is 5.17. The molecular formula is C33H34N4O2S. The Kier molecular flexibility index (Phi) is 8.41. The quantitative estimate of drug-likeness (QED) is 0.207. The lowest BCUT2D eigenvalue weighted by Gasteiger charge is -2.34. The second-order valence-corrected chi connectivity index (χ2v) is 11.3. The summed E-state index contributed by atoms with van der Waals surface area (Å²) in [5.74, 6) is 0.0792. The molecule has 0 aliphatic heterocycles. The molecule has 3 aromatic carbocycles. The van der Waals surface area contributed by atoms with Crippen molar-refractivity contribution in [2.75, 3.05) is 6.54 Å². The van der Waals surface area contributed by atoms with E-state index < -0.39 is 0 Å². The van der Waals surface area contributed by atoms with E-state index in [2.05, 4.69) is 24.1 Å². The first-order valence-corrected chi connectivity index (χ1v) is 14.5. The number of aromatic nitrogens is 2. The second kappa shape index (κ2) is 12.3. The molecule has 2 amide bonds. The van der Waals surface area contributed by atoms with Crippen LogP contribution in [0.3, 0.4) is 0 Å². The molecule has 204 valence electrons. The van der Waals surface area contributed by atoms with Gasteiger partial charge in [0.15, 0.2) is 4.96 Å². The van der Waals surface area contributed by atoms with Crippen molar-refractivity contribution >= 4 is 28.1 Å². The van der Waals surface area contributed by atoms with Crippen LogP contribution in [0.1, 0.15) is 52.4 Å². The van der Waals surface area contributed by atoms with Crippen LogP contribution in [0.4, 0.5) is 0 Å². The first-order chi connectivity index (χ1) is 19.4. The van der Waals surface area contributed by atoms with Gasteiger partial charge in [-0.1, -0.05) is 92.7 Å². The van der Waals surface area contributed by atoms with Crippen LogP contribution in [0.25, 0.3) is 16.1 Å². The van der Waals surface area contributed by atoms with E-state index in [-0.39, 0.29) is 17.9 Å². The zero-order valence-electron chi connectivity index (χ0n) is 23.1. The third-order valence-electron chi connectivity index (χ3n) is 7.03. The maximum Gasteiger partial charge on any atom is 0.270 e. The smallest absolute Gasteiger partial charge is 0.270 e. The Labute approximate surface area is 239 Å². The molecule has 1 N–H and O–H groups in total. The summed E-state index contributed by atoms with van der Waals surface area (Å²) in [6.45, 7) is 6.92. The normalized spacial score (nSPS) is 12.0. The van der Waals surface area contributed by atoms with Crippen LogP contribution in [-0.2, 0) is 6.54 Å². The lowest BCUT2D eigenvalue weighted by molar-refractivity contribution is 0.0624. The van der Waals surface area contributed by atoms with Crippen molar-refractivity contribution in [3.8, 4) is 11.1 Å². The molecule has 2 aromatic heterocycles. The Morgan fingerprint density at radius 2 is 1.62 bits per heavy atom. The van der Waals surface area contributed by atoms with E-state index in [0.717, 1.165) is 28.1 Å². The van der Waals surface area contributed by atoms with E-state index in [9.17, 15) is 9.59 Å². The van der Waals surface area contributed by atoms with Gasteiger partial charge >= 0.3 is 0 Å². The number of carbonyl (C=O) groups is 2. The summed E-state index contributed by atoms with van der Waals surface area (Å²) in [5.41, 5.74) is 4.81. The highest BCUT2D eigenvalue weighted by atomic mass is 32.1. The summed E-state index contributed by atoms with van der Waals surface area (Å²) < 4.78 is 1.83. The van der Waals surface area contributed by atoms with Gasteiger partial charge in [-0.15, -0.1) is 11.3 Å². The number of aryl methyl sites for hydroxylation is 1. The number of benzene rings is 3. The fourth-order valence-corrected chi connectivity index (χ4v) is 5.93. The number of hydrogen-bond donors (Lipinski definition) is 1. The summed E-state index contributed by atoms with van der Waals surface area (Å²) in [4.78, 5) is 35.1. The zero-order valence-corrected chi connectivity index (χ0v) is 23.9. The number of nitrogens with zero attached hydrogens (tertiary/aromatic N) is 3. The molecule has 0 aliphatic carbocycles. The highest BCUT2D eigenvalue weighted by Gasteiger charge is 2.29. The predicted molar refractivity (Wildman–Crippen MR) is 162 cm³/mol. The summed E-state index contributed by atoms with van der Waals surface area (Å²) in [7, 11) is 0. The van der Waals surface area contributed by atoms with Gasteiger partial charge in [-0.05, 0) is 42.0 Å². The van der Waals surface area contributed by atoms with Gasteiger partial charge in [0.05, 0.1) is 5.69 Å². The molecule has 0 saturated carbocycles. The van der Waals surface area contributed by atoms with Crippen LogP contribution in [0.5, 0.6) is 0 Å². The van der Waals surface area contributed by atoms with Gasteiger partial charge in [-0.25, -0.2) is 4.98 Å². The fraction of sp³-hybridized carbons (Fsp3) is 0.242. The Bertz CT molecular complexity index is 1590. The van der Waals surface area contributed by atoms with Gasteiger partial charge in [0.1, 0.15) is 5.69 Å². The summed E-state index contributed by atoms with van der Waals surface area (Å²) in [6, 6.07) is 27.6. The number of imidazole rings is 1. The minimum Gasteiger partial charge on any atom is -0.349 e.